The van der Waals surface area contributed by atoms with Gasteiger partial charge in [-0.15, -0.1) is 12.4 Å². The monoisotopic (exact) mass is 348 g/mol. The Morgan fingerprint density at radius 2 is 2.32 bits per heavy atom. The molecule has 8 nitrogen and oxygen atoms in total. The van der Waals surface area contributed by atoms with Crippen molar-refractivity contribution in [3.05, 3.63) is 18.2 Å². The highest BCUT2D eigenvalue weighted by atomic mass is 35.5. The first-order valence-electron chi connectivity index (χ1n) is 6.76. The fourth-order valence-corrected chi connectivity index (χ4v) is 3.87. The molecular formula is C12H21ClN6O2S. The van der Waals surface area contributed by atoms with E-state index in [-0.39, 0.29) is 31.4 Å². The average Bonchev–Trinajstić information content (AvgIpc) is 2.90. The highest BCUT2D eigenvalue weighted by Gasteiger charge is 2.37. The van der Waals surface area contributed by atoms with Crippen LogP contribution in [0.1, 0.15) is 18.3 Å². The van der Waals surface area contributed by atoms with Crippen molar-refractivity contribution in [2.24, 2.45) is 7.05 Å². The van der Waals surface area contributed by atoms with Crippen molar-refractivity contribution in [2.75, 3.05) is 33.2 Å². The zero-order valence-electron chi connectivity index (χ0n) is 12.6. The molecule has 1 atom stereocenters. The number of hydrogen-bond donors (Lipinski definition) is 1. The molecule has 0 saturated carbocycles. The third-order valence-electron chi connectivity index (χ3n) is 3.58. The summed E-state index contributed by atoms with van der Waals surface area (Å²) in [4.78, 5) is 4.27. The molecule has 0 aromatic carbocycles. The molecule has 1 aromatic rings. The van der Waals surface area contributed by atoms with Crippen LogP contribution in [0.4, 0.5) is 0 Å². The molecule has 0 bridgehead atoms. The molecule has 1 aliphatic rings. The Labute approximate surface area is 137 Å². The van der Waals surface area contributed by atoms with E-state index in [4.69, 9.17) is 5.26 Å². The number of aromatic nitrogens is 2. The quantitative estimate of drug-likeness (QED) is 0.800. The van der Waals surface area contributed by atoms with Crippen LogP contribution < -0.4 is 5.32 Å². The van der Waals surface area contributed by atoms with E-state index < -0.39 is 10.2 Å². The maximum absolute atomic E-state index is 12.7. The second kappa shape index (κ2) is 7.89. The van der Waals surface area contributed by atoms with E-state index >= 15 is 0 Å². The van der Waals surface area contributed by atoms with Gasteiger partial charge in [0.2, 0.25) is 0 Å². The van der Waals surface area contributed by atoms with Gasteiger partial charge in [0.05, 0.1) is 12.1 Å². The summed E-state index contributed by atoms with van der Waals surface area (Å²) in [7, 11) is -0.252. The fraction of sp³-hybridized carbons (Fsp3) is 0.667. The first-order chi connectivity index (χ1) is 9.98. The Balaban J connectivity index is 0.00000242. The number of piperazine rings is 1. The normalized spacial score (nSPS) is 19.6. The summed E-state index contributed by atoms with van der Waals surface area (Å²) in [5.74, 6) is 0.708. The molecule has 0 amide bonds. The number of halogens is 1. The molecule has 10 heteroatoms. The van der Waals surface area contributed by atoms with Gasteiger partial charge in [-0.3, -0.25) is 0 Å². The molecule has 0 aliphatic carbocycles. The second-order valence-corrected chi connectivity index (χ2v) is 6.95. The fourth-order valence-electron chi connectivity index (χ4n) is 2.38. The third kappa shape index (κ3) is 3.77. The SMILES string of the molecule is CN(CCC#N)S(=O)(=O)N1CCNCC1c1nccn1C.Cl. The molecule has 1 aliphatic heterocycles. The first-order valence-corrected chi connectivity index (χ1v) is 8.16. The zero-order valence-corrected chi connectivity index (χ0v) is 14.3. The highest BCUT2D eigenvalue weighted by molar-refractivity contribution is 7.86. The van der Waals surface area contributed by atoms with Crippen molar-refractivity contribution in [1.82, 2.24) is 23.5 Å². The molecule has 2 rings (SSSR count). The van der Waals surface area contributed by atoms with Crippen LogP contribution in [0, 0.1) is 11.3 Å². The Hall–Kier alpha value is -1.18. The van der Waals surface area contributed by atoms with E-state index in [0.717, 1.165) is 0 Å². The standard InChI is InChI=1S/C12H20N6O2S.ClH/c1-16-8-6-15-12(16)11-10-14-5-9-18(11)21(19,20)17(2)7-3-4-13;/h6,8,11,14H,3,5,7,9-10H2,1-2H3;1H. The van der Waals surface area contributed by atoms with Gasteiger partial charge in [-0.05, 0) is 0 Å². The predicted octanol–water partition coefficient (Wildman–Crippen LogP) is -0.122. The van der Waals surface area contributed by atoms with Crippen LogP contribution in [0.25, 0.3) is 0 Å². The number of nitrogens with zero attached hydrogens (tertiary/aromatic N) is 5. The molecule has 1 aromatic heterocycles. The minimum atomic E-state index is -3.60. The van der Waals surface area contributed by atoms with Crippen LogP contribution in [-0.2, 0) is 17.3 Å². The lowest BCUT2D eigenvalue weighted by molar-refractivity contribution is 0.242. The van der Waals surface area contributed by atoms with Crippen LogP contribution >= 0.6 is 12.4 Å². The van der Waals surface area contributed by atoms with Crippen molar-refractivity contribution < 1.29 is 8.42 Å². The van der Waals surface area contributed by atoms with Crippen LogP contribution in [0.3, 0.4) is 0 Å². The van der Waals surface area contributed by atoms with Crippen molar-refractivity contribution in [1.29, 1.82) is 5.26 Å². The number of rotatable bonds is 5. The van der Waals surface area contributed by atoms with Crippen molar-refractivity contribution in [3.63, 3.8) is 0 Å². The molecule has 1 unspecified atom stereocenters. The molecule has 2 heterocycles. The lowest BCUT2D eigenvalue weighted by atomic mass is 10.2. The van der Waals surface area contributed by atoms with E-state index in [9.17, 15) is 8.42 Å². The maximum Gasteiger partial charge on any atom is 0.282 e. The number of nitrogens with one attached hydrogen (secondary N) is 1. The molecule has 0 radical (unpaired) electrons. The summed E-state index contributed by atoms with van der Waals surface area (Å²) in [6.45, 7) is 1.70. The minimum absolute atomic E-state index is 0. The number of nitriles is 1. The Kier molecular flexibility index (Phi) is 6.77. The van der Waals surface area contributed by atoms with Crippen LogP contribution in [0.2, 0.25) is 0 Å². The van der Waals surface area contributed by atoms with Crippen LogP contribution in [-0.4, -0.2) is 59.8 Å². The Bertz CT molecular complexity index is 626. The third-order valence-corrected chi connectivity index (χ3v) is 5.58. The lowest BCUT2D eigenvalue weighted by Crippen LogP contribution is -2.53. The van der Waals surface area contributed by atoms with Crippen LogP contribution in [0.15, 0.2) is 12.4 Å². The number of hydrogen-bond acceptors (Lipinski definition) is 5. The van der Waals surface area contributed by atoms with Gasteiger partial charge < -0.3 is 9.88 Å². The largest absolute Gasteiger partial charge is 0.337 e. The molecular weight excluding hydrogens is 328 g/mol. The molecule has 124 valence electrons. The molecule has 22 heavy (non-hydrogen) atoms. The van der Waals surface area contributed by atoms with Crippen molar-refractivity contribution in [2.45, 2.75) is 12.5 Å². The molecule has 1 fully saturated rings. The minimum Gasteiger partial charge on any atom is -0.337 e. The smallest absolute Gasteiger partial charge is 0.282 e. The number of imidazole rings is 1. The molecule has 1 N–H and O–H groups in total. The Morgan fingerprint density at radius 1 is 1.59 bits per heavy atom. The Morgan fingerprint density at radius 3 is 2.91 bits per heavy atom. The van der Waals surface area contributed by atoms with E-state index in [1.165, 1.54) is 15.7 Å². The summed E-state index contributed by atoms with van der Waals surface area (Å²) < 4.78 is 29.9. The van der Waals surface area contributed by atoms with Gasteiger partial charge in [0.15, 0.2) is 0 Å². The predicted molar refractivity (Wildman–Crippen MR) is 84.6 cm³/mol. The van der Waals surface area contributed by atoms with E-state index in [0.29, 0.717) is 25.5 Å². The lowest BCUT2D eigenvalue weighted by Gasteiger charge is -2.36. The first kappa shape index (κ1) is 18.9. The summed E-state index contributed by atoms with van der Waals surface area (Å²) >= 11 is 0. The molecule has 0 spiro atoms. The van der Waals surface area contributed by atoms with E-state index in [1.54, 1.807) is 12.4 Å². The van der Waals surface area contributed by atoms with E-state index in [2.05, 4.69) is 10.3 Å². The highest BCUT2D eigenvalue weighted by Crippen LogP contribution is 2.25. The van der Waals surface area contributed by atoms with Crippen molar-refractivity contribution >= 4 is 22.6 Å². The summed E-state index contributed by atoms with van der Waals surface area (Å²) in [5.41, 5.74) is 0. The zero-order chi connectivity index (χ0) is 15.5. The van der Waals surface area contributed by atoms with Gasteiger partial charge in [-0.1, -0.05) is 0 Å². The van der Waals surface area contributed by atoms with Gasteiger partial charge in [-0.2, -0.15) is 22.3 Å². The summed E-state index contributed by atoms with van der Waals surface area (Å²) in [5, 5.41) is 11.8. The average molecular weight is 349 g/mol. The van der Waals surface area contributed by atoms with E-state index in [1.807, 2.05) is 17.7 Å². The maximum atomic E-state index is 12.7. The van der Waals surface area contributed by atoms with Gasteiger partial charge in [-0.25, -0.2) is 4.98 Å². The van der Waals surface area contributed by atoms with Crippen molar-refractivity contribution in [3.8, 4) is 6.07 Å². The van der Waals surface area contributed by atoms with Gasteiger partial charge in [0, 0.05) is 59.1 Å². The summed E-state index contributed by atoms with van der Waals surface area (Å²) in [6, 6.07) is 1.63. The van der Waals surface area contributed by atoms with Gasteiger partial charge >= 0.3 is 0 Å². The van der Waals surface area contributed by atoms with Crippen LogP contribution in [0.5, 0.6) is 0 Å². The van der Waals surface area contributed by atoms with Gasteiger partial charge in [0.25, 0.3) is 10.2 Å². The molecule has 1 saturated heterocycles. The summed E-state index contributed by atoms with van der Waals surface area (Å²) in [6.07, 6.45) is 3.64. The van der Waals surface area contributed by atoms with Gasteiger partial charge in [0.1, 0.15) is 5.82 Å². The topological polar surface area (TPSA) is 94.3 Å². The number of aryl methyl sites for hydroxylation is 1. The second-order valence-electron chi connectivity index (χ2n) is 4.96.